The van der Waals surface area contributed by atoms with E-state index in [9.17, 15) is 9.59 Å². The summed E-state index contributed by atoms with van der Waals surface area (Å²) in [5, 5.41) is 7.93. The highest BCUT2D eigenvalue weighted by atomic mass is 16.6. The highest BCUT2D eigenvalue weighted by Gasteiger charge is 2.32. The Morgan fingerprint density at radius 1 is 0.977 bits per heavy atom. The van der Waals surface area contributed by atoms with Crippen LogP contribution in [-0.4, -0.2) is 71.6 Å². The van der Waals surface area contributed by atoms with Crippen molar-refractivity contribution < 1.29 is 23.8 Å². The number of aromatic nitrogens is 2. The van der Waals surface area contributed by atoms with Gasteiger partial charge in [-0.1, -0.05) is 57.2 Å². The Morgan fingerprint density at radius 2 is 1.67 bits per heavy atom. The lowest BCUT2D eigenvalue weighted by Crippen LogP contribution is -2.39. The summed E-state index contributed by atoms with van der Waals surface area (Å²) in [6.45, 7) is 18.9. The first-order valence-electron chi connectivity index (χ1n) is 15.1. The van der Waals surface area contributed by atoms with Gasteiger partial charge in [-0.2, -0.15) is 5.10 Å². The molecule has 43 heavy (non-hydrogen) atoms. The number of esters is 1. The largest absolute Gasteiger partial charge is 0.476 e. The molecule has 0 unspecified atom stereocenters. The number of rotatable bonds is 11. The molecule has 2 aromatic carbocycles. The van der Waals surface area contributed by atoms with Crippen molar-refractivity contribution in [3.63, 3.8) is 0 Å². The van der Waals surface area contributed by atoms with Crippen molar-refractivity contribution in [2.45, 2.75) is 72.6 Å². The number of benzene rings is 2. The average molecular weight is 591 g/mol. The Labute approximate surface area is 255 Å². The van der Waals surface area contributed by atoms with Crippen LogP contribution in [0.25, 0.3) is 11.3 Å². The van der Waals surface area contributed by atoms with E-state index in [0.29, 0.717) is 31.1 Å². The van der Waals surface area contributed by atoms with E-state index in [1.165, 1.54) is 5.56 Å². The molecule has 0 saturated carbocycles. The SMILES string of the molecule is CCOC(=O)C(C)(C)Oc1ccc(CNC(=O)c2cc(-c3ccc(C(C)(C)C)cc3)nn2CCN2CCOCC2)cc1C. The molecular weight excluding hydrogens is 544 g/mol. The number of nitrogens with zero attached hydrogens (tertiary/aromatic N) is 3. The summed E-state index contributed by atoms with van der Waals surface area (Å²) in [6.07, 6.45) is 0. The lowest BCUT2D eigenvalue weighted by molar-refractivity contribution is -0.158. The van der Waals surface area contributed by atoms with Gasteiger partial charge >= 0.3 is 5.97 Å². The summed E-state index contributed by atoms with van der Waals surface area (Å²) < 4.78 is 18.4. The van der Waals surface area contributed by atoms with Crippen LogP contribution in [0.1, 0.15) is 68.7 Å². The van der Waals surface area contributed by atoms with Gasteiger partial charge in [-0.15, -0.1) is 0 Å². The minimum absolute atomic E-state index is 0.0564. The molecule has 1 saturated heterocycles. The molecule has 9 heteroatoms. The molecule has 1 aliphatic heterocycles. The topological polar surface area (TPSA) is 94.9 Å². The third-order valence-corrected chi connectivity index (χ3v) is 7.62. The molecule has 4 rings (SSSR count). The van der Waals surface area contributed by atoms with Crippen LogP contribution in [0.3, 0.4) is 0 Å². The summed E-state index contributed by atoms with van der Waals surface area (Å²) in [7, 11) is 0. The van der Waals surface area contributed by atoms with Crippen molar-refractivity contribution in [3.05, 3.63) is 70.9 Å². The van der Waals surface area contributed by atoms with Gasteiger partial charge in [0, 0.05) is 31.7 Å². The minimum Gasteiger partial charge on any atom is -0.476 e. The summed E-state index contributed by atoms with van der Waals surface area (Å²) >= 11 is 0. The predicted octanol–water partition coefficient (Wildman–Crippen LogP) is 5.14. The van der Waals surface area contributed by atoms with Gasteiger partial charge in [-0.05, 0) is 61.9 Å². The summed E-state index contributed by atoms with van der Waals surface area (Å²) in [4.78, 5) is 28.1. The quantitative estimate of drug-likeness (QED) is 0.309. The Morgan fingerprint density at radius 3 is 2.30 bits per heavy atom. The van der Waals surface area contributed by atoms with E-state index in [1.54, 1.807) is 20.8 Å². The highest BCUT2D eigenvalue weighted by molar-refractivity contribution is 5.93. The normalized spacial score (nSPS) is 14.4. The monoisotopic (exact) mass is 590 g/mol. The maximum atomic E-state index is 13.5. The number of nitrogens with one attached hydrogen (secondary N) is 1. The maximum Gasteiger partial charge on any atom is 0.349 e. The fourth-order valence-corrected chi connectivity index (χ4v) is 4.94. The third kappa shape index (κ3) is 8.45. The molecular formula is C34H46N4O5. The molecule has 1 amide bonds. The number of carbonyl (C=O) groups excluding carboxylic acids is 2. The van der Waals surface area contributed by atoms with Gasteiger partial charge in [0.2, 0.25) is 0 Å². The second-order valence-electron chi connectivity index (χ2n) is 12.5. The van der Waals surface area contributed by atoms with Crippen LogP contribution in [-0.2, 0) is 32.8 Å². The van der Waals surface area contributed by atoms with Crippen molar-refractivity contribution in [1.29, 1.82) is 0 Å². The third-order valence-electron chi connectivity index (χ3n) is 7.62. The molecule has 232 valence electrons. The Balaban J connectivity index is 1.49. The number of morpholine rings is 1. The van der Waals surface area contributed by atoms with Crippen LogP contribution in [0.5, 0.6) is 5.75 Å². The van der Waals surface area contributed by atoms with E-state index < -0.39 is 11.6 Å². The van der Waals surface area contributed by atoms with Gasteiger partial charge in [0.15, 0.2) is 5.60 Å². The number of ether oxygens (including phenoxy) is 3. The molecule has 0 bridgehead atoms. The molecule has 1 N–H and O–H groups in total. The molecule has 1 fully saturated rings. The zero-order chi connectivity index (χ0) is 31.2. The smallest absolute Gasteiger partial charge is 0.349 e. The second-order valence-corrected chi connectivity index (χ2v) is 12.5. The lowest BCUT2D eigenvalue weighted by Gasteiger charge is -2.26. The van der Waals surface area contributed by atoms with Gasteiger partial charge in [0.1, 0.15) is 11.4 Å². The fourth-order valence-electron chi connectivity index (χ4n) is 4.94. The number of hydrogen-bond acceptors (Lipinski definition) is 7. The van der Waals surface area contributed by atoms with Gasteiger partial charge in [0.05, 0.1) is 32.1 Å². The molecule has 0 atom stereocenters. The maximum absolute atomic E-state index is 13.5. The van der Waals surface area contributed by atoms with Gasteiger partial charge in [0.25, 0.3) is 5.91 Å². The van der Waals surface area contributed by atoms with Gasteiger partial charge < -0.3 is 19.5 Å². The number of amides is 1. The van der Waals surface area contributed by atoms with E-state index in [4.69, 9.17) is 19.3 Å². The van der Waals surface area contributed by atoms with Crippen LogP contribution in [0.4, 0.5) is 0 Å². The molecule has 3 aromatic rings. The molecule has 0 radical (unpaired) electrons. The standard InChI is InChI=1S/C34H46N4O5/c1-8-42-32(40)34(6,7)43-30-14-9-25(21-24(30)2)23-35-31(39)29-22-28(26-10-12-27(13-11-26)33(3,4)5)36-38(29)16-15-37-17-19-41-20-18-37/h9-14,21-22H,8,15-20,23H2,1-7H3,(H,35,39). The number of aryl methyl sites for hydroxylation is 1. The molecule has 2 heterocycles. The average Bonchev–Trinajstić information content (AvgIpc) is 3.41. The van der Waals surface area contributed by atoms with E-state index in [0.717, 1.165) is 55.2 Å². The first-order valence-corrected chi connectivity index (χ1v) is 15.1. The first kappa shape index (κ1) is 32.2. The number of carbonyl (C=O) groups is 2. The molecule has 0 aliphatic carbocycles. The molecule has 1 aliphatic rings. The zero-order valence-electron chi connectivity index (χ0n) is 26.7. The lowest BCUT2D eigenvalue weighted by atomic mass is 9.86. The van der Waals surface area contributed by atoms with E-state index in [-0.39, 0.29) is 11.3 Å². The van der Waals surface area contributed by atoms with E-state index in [1.807, 2.05) is 35.9 Å². The highest BCUT2D eigenvalue weighted by Crippen LogP contribution is 2.27. The van der Waals surface area contributed by atoms with Crippen LogP contribution in [0.2, 0.25) is 0 Å². The van der Waals surface area contributed by atoms with Crippen LogP contribution < -0.4 is 10.1 Å². The van der Waals surface area contributed by atoms with Crippen molar-refractivity contribution in [2.75, 3.05) is 39.5 Å². The zero-order valence-corrected chi connectivity index (χ0v) is 26.7. The Kier molecular flexibility index (Phi) is 10.3. The van der Waals surface area contributed by atoms with Crippen molar-refractivity contribution >= 4 is 11.9 Å². The predicted molar refractivity (Wildman–Crippen MR) is 167 cm³/mol. The molecule has 9 nitrogen and oxygen atoms in total. The summed E-state index contributed by atoms with van der Waals surface area (Å²) in [5.41, 5.74) is 4.25. The Bertz CT molecular complexity index is 1400. The van der Waals surface area contributed by atoms with Crippen LogP contribution >= 0.6 is 0 Å². The molecule has 0 spiro atoms. The minimum atomic E-state index is -1.11. The van der Waals surface area contributed by atoms with Crippen molar-refractivity contribution in [1.82, 2.24) is 20.0 Å². The van der Waals surface area contributed by atoms with E-state index >= 15 is 0 Å². The van der Waals surface area contributed by atoms with Gasteiger partial charge in [-0.25, -0.2) is 4.79 Å². The van der Waals surface area contributed by atoms with Crippen molar-refractivity contribution in [2.24, 2.45) is 0 Å². The molecule has 1 aromatic heterocycles. The summed E-state index contributed by atoms with van der Waals surface area (Å²) in [6, 6.07) is 16.0. The second kappa shape index (κ2) is 13.7. The summed E-state index contributed by atoms with van der Waals surface area (Å²) in [5.74, 6) is -0.00890. The van der Waals surface area contributed by atoms with Crippen LogP contribution in [0.15, 0.2) is 48.5 Å². The number of hydrogen-bond donors (Lipinski definition) is 1. The van der Waals surface area contributed by atoms with Gasteiger partial charge in [-0.3, -0.25) is 14.4 Å². The Hall–Kier alpha value is -3.69. The first-order chi connectivity index (χ1) is 20.4. The van der Waals surface area contributed by atoms with E-state index in [2.05, 4.69) is 55.3 Å². The fraction of sp³-hybridized carbons (Fsp3) is 0.500. The van der Waals surface area contributed by atoms with Crippen LogP contribution in [0, 0.1) is 6.92 Å². The van der Waals surface area contributed by atoms with Crippen molar-refractivity contribution in [3.8, 4) is 17.0 Å².